The van der Waals surface area contributed by atoms with Crippen LogP contribution < -0.4 is 0 Å². The Morgan fingerprint density at radius 3 is 2.40 bits per heavy atom. The summed E-state index contributed by atoms with van der Waals surface area (Å²) in [7, 11) is 0. The molecule has 5 heteroatoms. The third-order valence-electron chi connectivity index (χ3n) is 6.60. The Morgan fingerprint density at radius 1 is 0.791 bits per heavy atom. The SMILES string of the molecule is [2H]C([2H])([2H])c1ccc(-c2[c-]cccc2)nc1.[2H]C([2H])([2H])c1cnc(-c2[c-]ccc3c2oc2c4cccnc4ccc32)cc1C([2H])([2H])C(C)(C)C.[Ir]. The van der Waals surface area contributed by atoms with Gasteiger partial charge in [-0.05, 0) is 72.3 Å². The monoisotopic (exact) mass is 748 g/mol. The van der Waals surface area contributed by atoms with Crippen LogP contribution >= 0.6 is 0 Å². The second-order valence-corrected chi connectivity index (χ2v) is 10.9. The van der Waals surface area contributed by atoms with E-state index in [1.54, 1.807) is 51.2 Å². The fraction of sp³-hybridized carbons (Fsp3) is 0.184. The number of fused-ring (bicyclic) bond motifs is 5. The molecule has 7 aromatic rings. The van der Waals surface area contributed by atoms with Crippen molar-refractivity contribution in [3.8, 4) is 22.5 Å². The van der Waals surface area contributed by atoms with Crippen molar-refractivity contribution in [2.24, 2.45) is 5.41 Å². The Bertz CT molecular complexity index is 2310. The van der Waals surface area contributed by atoms with E-state index < -0.39 is 25.5 Å². The van der Waals surface area contributed by atoms with E-state index in [4.69, 9.17) is 15.4 Å². The van der Waals surface area contributed by atoms with Crippen molar-refractivity contribution in [2.75, 3.05) is 0 Å². The smallest absolute Gasteiger partial charge is 0.130 e. The summed E-state index contributed by atoms with van der Waals surface area (Å²) in [5, 5.41) is 2.68. The summed E-state index contributed by atoms with van der Waals surface area (Å²) in [6.07, 6.45) is 2.47. The Morgan fingerprint density at radius 2 is 1.65 bits per heavy atom. The first-order valence-corrected chi connectivity index (χ1v) is 13.5. The van der Waals surface area contributed by atoms with Crippen molar-refractivity contribution >= 4 is 32.8 Å². The predicted octanol–water partition coefficient (Wildman–Crippen LogP) is 9.75. The third-order valence-corrected chi connectivity index (χ3v) is 6.60. The van der Waals surface area contributed by atoms with Crippen LogP contribution in [0.4, 0.5) is 0 Å². The van der Waals surface area contributed by atoms with Gasteiger partial charge in [0.1, 0.15) is 5.58 Å². The topological polar surface area (TPSA) is 51.8 Å². The molecule has 0 aliphatic heterocycles. The average molecular weight is 748 g/mol. The van der Waals surface area contributed by atoms with E-state index in [2.05, 4.69) is 27.1 Å². The molecule has 0 unspecified atom stereocenters. The van der Waals surface area contributed by atoms with Crippen molar-refractivity contribution in [3.63, 3.8) is 0 Å². The van der Waals surface area contributed by atoms with Gasteiger partial charge in [0.05, 0.1) is 11.1 Å². The fourth-order valence-electron chi connectivity index (χ4n) is 4.75. The van der Waals surface area contributed by atoms with Crippen molar-refractivity contribution in [1.29, 1.82) is 0 Å². The molecule has 0 aliphatic carbocycles. The number of furan rings is 1. The van der Waals surface area contributed by atoms with E-state index in [1.807, 2.05) is 48.5 Å². The maximum atomic E-state index is 8.79. The average Bonchev–Trinajstić information content (AvgIpc) is 3.47. The zero-order valence-electron chi connectivity index (χ0n) is 31.8. The Kier molecular flexibility index (Phi) is 6.29. The molecule has 4 heterocycles. The van der Waals surface area contributed by atoms with Gasteiger partial charge in [-0.2, -0.15) is 0 Å². The molecule has 0 saturated carbocycles. The van der Waals surface area contributed by atoms with Crippen LogP contribution in [0, 0.1) is 31.3 Å². The number of hydrogen-bond acceptors (Lipinski definition) is 4. The fourth-order valence-corrected chi connectivity index (χ4v) is 4.75. The summed E-state index contributed by atoms with van der Waals surface area (Å²) in [6, 6.07) is 29.9. The number of aryl methyl sites for hydroxylation is 2. The number of benzene rings is 3. The molecule has 4 nitrogen and oxygen atoms in total. The number of pyridine rings is 3. The molecule has 217 valence electrons. The van der Waals surface area contributed by atoms with E-state index >= 15 is 0 Å². The summed E-state index contributed by atoms with van der Waals surface area (Å²) in [5.74, 6) is 0. The first-order valence-electron chi connectivity index (χ1n) is 17.5. The molecule has 0 atom stereocenters. The van der Waals surface area contributed by atoms with Crippen LogP contribution in [0.5, 0.6) is 0 Å². The predicted molar refractivity (Wildman–Crippen MR) is 172 cm³/mol. The molecule has 1 radical (unpaired) electrons. The number of aromatic nitrogens is 3. The largest absolute Gasteiger partial charge is 0.500 e. The number of rotatable bonds is 3. The second kappa shape index (κ2) is 12.6. The molecule has 4 aromatic heterocycles. The van der Waals surface area contributed by atoms with Crippen LogP contribution in [0.15, 0.2) is 102 Å². The zero-order chi connectivity index (χ0) is 36.1. The maximum Gasteiger partial charge on any atom is 0.130 e. The normalized spacial score (nSPS) is 15.0. The van der Waals surface area contributed by atoms with Gasteiger partial charge in [0.2, 0.25) is 0 Å². The van der Waals surface area contributed by atoms with Crippen molar-refractivity contribution < 1.29 is 35.5 Å². The van der Waals surface area contributed by atoms with Gasteiger partial charge >= 0.3 is 0 Å². The molecule has 0 N–H and O–H groups in total. The Balaban J connectivity index is 0.000000249. The summed E-state index contributed by atoms with van der Waals surface area (Å²) in [5.41, 5.74) is 4.05. The van der Waals surface area contributed by atoms with Crippen molar-refractivity contribution in [2.45, 2.75) is 40.8 Å². The van der Waals surface area contributed by atoms with Crippen LogP contribution in [0.3, 0.4) is 0 Å². The Hall–Kier alpha value is -4.18. The van der Waals surface area contributed by atoms with Gasteiger partial charge in [-0.15, -0.1) is 54.1 Å². The molecule has 0 spiro atoms. The summed E-state index contributed by atoms with van der Waals surface area (Å²) in [4.78, 5) is 12.9. The molecule has 3 aromatic carbocycles. The molecular formula is C38H33IrN3O-2. The summed E-state index contributed by atoms with van der Waals surface area (Å²) >= 11 is 0. The van der Waals surface area contributed by atoms with Gasteiger partial charge in [0.15, 0.2) is 0 Å². The molecule has 0 saturated heterocycles. The summed E-state index contributed by atoms with van der Waals surface area (Å²) < 4.78 is 69.4. The van der Waals surface area contributed by atoms with Gasteiger partial charge in [-0.25, -0.2) is 0 Å². The molecule has 7 rings (SSSR count). The van der Waals surface area contributed by atoms with Crippen LogP contribution in [-0.4, -0.2) is 15.0 Å². The van der Waals surface area contributed by atoms with E-state index in [0.29, 0.717) is 22.4 Å². The van der Waals surface area contributed by atoms with Gasteiger partial charge in [-0.1, -0.05) is 55.5 Å². The van der Waals surface area contributed by atoms with E-state index in [9.17, 15) is 0 Å². The number of hydrogen-bond donors (Lipinski definition) is 0. The zero-order valence-corrected chi connectivity index (χ0v) is 26.2. The van der Waals surface area contributed by atoms with Crippen molar-refractivity contribution in [1.82, 2.24) is 15.0 Å². The molecule has 0 amide bonds. The summed E-state index contributed by atoms with van der Waals surface area (Å²) in [6.45, 7) is 0.664. The van der Waals surface area contributed by atoms with Crippen molar-refractivity contribution in [3.05, 3.63) is 126 Å². The minimum absolute atomic E-state index is 0. The standard InChI is InChI=1S/C26H23N2O.C12H10N.Ir/c1-16-15-28-23(13-17(16)14-26(2,3)4)21-8-5-7-18-19-10-11-22-20(9-6-12-27-22)25(19)29-24(18)21;1-10-7-8-12(13-9-10)11-5-3-2-4-6-11;/h5-7,9-13,15H,14H2,1-4H3;2-5,7-9H,1H3;/q2*-1;/i1D3,14D2;1D3;. The molecular weight excluding hydrogens is 707 g/mol. The van der Waals surface area contributed by atoms with Crippen LogP contribution in [-0.2, 0) is 26.5 Å². The van der Waals surface area contributed by atoms with Gasteiger partial charge < -0.3 is 14.4 Å². The van der Waals surface area contributed by atoms with Crippen LogP contribution in [0.2, 0.25) is 0 Å². The van der Waals surface area contributed by atoms with Gasteiger partial charge in [0.25, 0.3) is 0 Å². The van der Waals surface area contributed by atoms with Gasteiger partial charge in [-0.3, -0.25) is 4.98 Å². The quantitative estimate of drug-likeness (QED) is 0.169. The van der Waals surface area contributed by atoms with Gasteiger partial charge in [0, 0.05) is 60.4 Å². The molecule has 0 aliphatic rings. The van der Waals surface area contributed by atoms with E-state index in [1.165, 1.54) is 18.5 Å². The molecule has 0 bridgehead atoms. The van der Waals surface area contributed by atoms with Crippen LogP contribution in [0.25, 0.3) is 55.4 Å². The van der Waals surface area contributed by atoms with Crippen LogP contribution in [0.1, 0.15) is 48.4 Å². The maximum absolute atomic E-state index is 8.79. The molecule has 0 fully saturated rings. The first kappa shape index (κ1) is 21.5. The first-order chi connectivity index (χ1) is 23.5. The third kappa shape index (κ3) is 6.59. The number of nitrogens with zero attached hydrogens (tertiary/aromatic N) is 3. The minimum Gasteiger partial charge on any atom is -0.500 e. The second-order valence-electron chi connectivity index (χ2n) is 10.9. The molecule has 43 heavy (non-hydrogen) atoms. The minimum atomic E-state index is -2.50. The van der Waals surface area contributed by atoms with E-state index in [-0.39, 0.29) is 36.8 Å². The Labute approximate surface area is 277 Å². The van der Waals surface area contributed by atoms with E-state index in [0.717, 1.165) is 32.9 Å².